The van der Waals surface area contributed by atoms with E-state index >= 15 is 0 Å². The highest BCUT2D eigenvalue weighted by atomic mass is 32.2. The van der Waals surface area contributed by atoms with Crippen LogP contribution < -0.4 is 4.72 Å². The molecular formula is C13H15FN2O4S. The Morgan fingerprint density at radius 1 is 1.33 bits per heavy atom. The van der Waals surface area contributed by atoms with Crippen LogP contribution >= 0.6 is 0 Å². The van der Waals surface area contributed by atoms with Crippen molar-refractivity contribution in [3.63, 3.8) is 0 Å². The molecule has 2 unspecified atom stereocenters. The third-order valence-electron chi connectivity index (χ3n) is 3.42. The van der Waals surface area contributed by atoms with Crippen LogP contribution in [-0.4, -0.2) is 38.4 Å². The highest BCUT2D eigenvalue weighted by molar-refractivity contribution is 7.89. The van der Waals surface area contributed by atoms with Gasteiger partial charge in [-0.2, -0.15) is 0 Å². The van der Waals surface area contributed by atoms with Crippen LogP contribution in [0.3, 0.4) is 0 Å². The van der Waals surface area contributed by atoms with Gasteiger partial charge in [0.15, 0.2) is 0 Å². The minimum atomic E-state index is -3.70. The van der Waals surface area contributed by atoms with Gasteiger partial charge in [0.2, 0.25) is 21.8 Å². The van der Waals surface area contributed by atoms with Crippen LogP contribution in [-0.2, 0) is 19.6 Å². The van der Waals surface area contributed by atoms with Gasteiger partial charge in [-0.05, 0) is 17.7 Å². The molecular weight excluding hydrogens is 299 g/mol. The molecule has 2 atom stereocenters. The number of halogens is 1. The van der Waals surface area contributed by atoms with Crippen molar-refractivity contribution in [3.8, 4) is 0 Å². The molecule has 2 amide bonds. The molecule has 0 aromatic heterocycles. The van der Waals surface area contributed by atoms with Crippen molar-refractivity contribution in [2.75, 3.05) is 13.3 Å². The summed E-state index contributed by atoms with van der Waals surface area (Å²) in [4.78, 5) is 25.3. The fourth-order valence-corrected chi connectivity index (χ4v) is 3.00. The average molecular weight is 314 g/mol. The van der Waals surface area contributed by atoms with Crippen molar-refractivity contribution in [2.45, 2.75) is 12.5 Å². The van der Waals surface area contributed by atoms with Gasteiger partial charge in [-0.15, -0.1) is 0 Å². The van der Waals surface area contributed by atoms with Crippen LogP contribution in [0.15, 0.2) is 24.3 Å². The molecule has 6 nitrogen and oxygen atoms in total. The van der Waals surface area contributed by atoms with E-state index in [1.807, 2.05) is 4.72 Å². The Bertz CT molecular complexity index is 672. The molecule has 0 saturated carbocycles. The quantitative estimate of drug-likeness (QED) is 0.876. The molecule has 1 heterocycles. The number of hydrogen-bond donors (Lipinski definition) is 1. The Balaban J connectivity index is 2.33. The summed E-state index contributed by atoms with van der Waals surface area (Å²) in [6.45, 7) is 0. The summed E-state index contributed by atoms with van der Waals surface area (Å²) in [5.41, 5.74) is 0.582. The van der Waals surface area contributed by atoms with E-state index in [4.69, 9.17) is 0 Å². The van der Waals surface area contributed by atoms with E-state index < -0.39 is 33.7 Å². The van der Waals surface area contributed by atoms with Crippen molar-refractivity contribution in [2.24, 2.45) is 5.92 Å². The number of sulfonamides is 1. The van der Waals surface area contributed by atoms with Gasteiger partial charge in [0.1, 0.15) is 5.82 Å². The summed E-state index contributed by atoms with van der Waals surface area (Å²) < 4.78 is 37.2. The number of nitrogens with one attached hydrogen (secondary N) is 1. The number of hydrogen-bond acceptors (Lipinski definition) is 4. The van der Waals surface area contributed by atoms with Gasteiger partial charge in [-0.1, -0.05) is 12.1 Å². The molecule has 2 rings (SSSR count). The smallest absolute Gasteiger partial charge is 0.239 e. The summed E-state index contributed by atoms with van der Waals surface area (Å²) in [5.74, 6) is -2.26. The highest BCUT2D eigenvalue weighted by Gasteiger charge is 2.43. The van der Waals surface area contributed by atoms with Gasteiger partial charge in [0, 0.05) is 13.5 Å². The predicted molar refractivity (Wildman–Crippen MR) is 73.0 cm³/mol. The number of carbonyl (C=O) groups is 2. The first-order valence-corrected chi connectivity index (χ1v) is 8.11. The van der Waals surface area contributed by atoms with E-state index in [2.05, 4.69) is 0 Å². The molecule has 0 bridgehead atoms. The molecule has 8 heteroatoms. The normalized spacial score (nSPS) is 22.4. The first kappa shape index (κ1) is 15.4. The minimum absolute atomic E-state index is 0.0834. The zero-order chi connectivity index (χ0) is 15.8. The van der Waals surface area contributed by atoms with Crippen molar-refractivity contribution in [3.05, 3.63) is 35.6 Å². The summed E-state index contributed by atoms with van der Waals surface area (Å²) in [5, 5.41) is 0. The van der Waals surface area contributed by atoms with E-state index in [1.165, 1.54) is 36.2 Å². The second-order valence-electron chi connectivity index (χ2n) is 5.05. The molecule has 1 fully saturated rings. The monoisotopic (exact) mass is 314 g/mol. The Kier molecular flexibility index (Phi) is 3.99. The number of nitrogens with zero attached hydrogens (tertiary/aromatic N) is 1. The van der Waals surface area contributed by atoms with Gasteiger partial charge < -0.3 is 4.90 Å². The minimum Gasteiger partial charge on any atom is -0.338 e. The van der Waals surface area contributed by atoms with Crippen LogP contribution in [0.2, 0.25) is 0 Å². The van der Waals surface area contributed by atoms with Gasteiger partial charge in [-0.3, -0.25) is 14.3 Å². The van der Waals surface area contributed by atoms with Crippen molar-refractivity contribution in [1.82, 2.24) is 9.62 Å². The third kappa shape index (κ3) is 3.38. The summed E-state index contributed by atoms with van der Waals surface area (Å²) >= 11 is 0. The van der Waals surface area contributed by atoms with Crippen molar-refractivity contribution in [1.29, 1.82) is 0 Å². The van der Waals surface area contributed by atoms with Gasteiger partial charge in [0.05, 0.1) is 18.2 Å². The van der Waals surface area contributed by atoms with E-state index in [-0.39, 0.29) is 12.3 Å². The number of likely N-dealkylation sites (tertiary alicyclic amines) is 1. The number of rotatable bonds is 3. The number of carbonyl (C=O) groups excluding carboxylic acids is 2. The molecule has 0 radical (unpaired) electrons. The van der Waals surface area contributed by atoms with E-state index in [1.54, 1.807) is 0 Å². The van der Waals surface area contributed by atoms with E-state index in [0.29, 0.717) is 5.56 Å². The maximum atomic E-state index is 13.0. The maximum absolute atomic E-state index is 13.0. The zero-order valence-electron chi connectivity index (χ0n) is 11.5. The molecule has 21 heavy (non-hydrogen) atoms. The average Bonchev–Trinajstić information content (AvgIpc) is 2.65. The van der Waals surface area contributed by atoms with Gasteiger partial charge in [-0.25, -0.2) is 12.8 Å². The topological polar surface area (TPSA) is 83.6 Å². The second-order valence-corrected chi connectivity index (χ2v) is 6.80. The summed E-state index contributed by atoms with van der Waals surface area (Å²) in [6, 6.07) is 4.82. The van der Waals surface area contributed by atoms with E-state index in [0.717, 1.165) is 6.26 Å². The molecule has 0 aliphatic carbocycles. The number of benzene rings is 1. The van der Waals surface area contributed by atoms with Crippen molar-refractivity contribution >= 4 is 21.8 Å². The van der Waals surface area contributed by atoms with Gasteiger partial charge in [0.25, 0.3) is 0 Å². The maximum Gasteiger partial charge on any atom is 0.239 e. The predicted octanol–water partition coefficient (Wildman–Crippen LogP) is 0.421. The molecule has 1 saturated heterocycles. The molecule has 114 valence electrons. The lowest BCUT2D eigenvalue weighted by Crippen LogP contribution is -2.37. The van der Waals surface area contributed by atoms with Crippen LogP contribution in [0, 0.1) is 11.7 Å². The first-order chi connectivity index (χ1) is 9.69. The van der Waals surface area contributed by atoms with Crippen LogP contribution in [0.4, 0.5) is 4.39 Å². The summed E-state index contributed by atoms with van der Waals surface area (Å²) in [7, 11) is -2.17. The van der Waals surface area contributed by atoms with Crippen LogP contribution in [0.5, 0.6) is 0 Å². The Morgan fingerprint density at radius 2 is 1.90 bits per heavy atom. The SMILES string of the molecule is CN1C(=O)CC(C(=O)NS(C)(=O)=O)C1c1ccc(F)cc1. The largest absolute Gasteiger partial charge is 0.338 e. The zero-order valence-corrected chi connectivity index (χ0v) is 12.4. The molecule has 0 spiro atoms. The lowest BCUT2D eigenvalue weighted by Gasteiger charge is -2.24. The van der Waals surface area contributed by atoms with Crippen molar-refractivity contribution < 1.29 is 22.4 Å². The Hall–Kier alpha value is -1.96. The third-order valence-corrected chi connectivity index (χ3v) is 3.99. The Morgan fingerprint density at radius 3 is 2.43 bits per heavy atom. The Labute approximate surface area is 122 Å². The van der Waals surface area contributed by atoms with E-state index in [9.17, 15) is 22.4 Å². The van der Waals surface area contributed by atoms with Crippen LogP contribution in [0.25, 0.3) is 0 Å². The lowest BCUT2D eigenvalue weighted by molar-refractivity contribution is -0.128. The fourth-order valence-electron chi connectivity index (χ4n) is 2.48. The standard InChI is InChI=1S/C13H15FN2O4S/c1-16-11(17)7-10(13(18)15-21(2,19)20)12(16)8-3-5-9(14)6-4-8/h3-6,10,12H,7H2,1-2H3,(H,15,18). The highest BCUT2D eigenvalue weighted by Crippen LogP contribution is 2.37. The lowest BCUT2D eigenvalue weighted by atomic mass is 9.93. The number of amides is 2. The molecule has 1 N–H and O–H groups in total. The van der Waals surface area contributed by atoms with Crippen LogP contribution in [0.1, 0.15) is 18.0 Å². The molecule has 1 aliphatic rings. The fraction of sp³-hybridized carbons (Fsp3) is 0.385. The molecule has 1 aromatic rings. The molecule has 1 aliphatic heterocycles. The first-order valence-electron chi connectivity index (χ1n) is 6.22. The van der Waals surface area contributed by atoms with Gasteiger partial charge >= 0.3 is 0 Å². The second kappa shape index (κ2) is 5.44. The molecule has 1 aromatic carbocycles. The summed E-state index contributed by atoms with van der Waals surface area (Å²) in [6.07, 6.45) is 0.790.